The van der Waals surface area contributed by atoms with Crippen LogP contribution in [0.3, 0.4) is 0 Å². The second-order valence-corrected chi connectivity index (χ2v) is 10.7. The normalized spacial score (nSPS) is 21.4. The van der Waals surface area contributed by atoms with Gasteiger partial charge in [-0.1, -0.05) is 60.1 Å². The number of thioether (sulfide) groups is 1. The second kappa shape index (κ2) is 12.2. The predicted octanol–water partition coefficient (Wildman–Crippen LogP) is 4.39. The number of nitrogens with zero attached hydrogens (tertiary/aromatic N) is 3. The van der Waals surface area contributed by atoms with Crippen molar-refractivity contribution in [1.82, 2.24) is 20.1 Å². The molecule has 0 spiro atoms. The van der Waals surface area contributed by atoms with Gasteiger partial charge in [-0.2, -0.15) is 0 Å². The van der Waals surface area contributed by atoms with Crippen LogP contribution in [0.15, 0.2) is 79.1 Å². The average Bonchev–Trinajstić information content (AvgIpc) is 3.43. The van der Waals surface area contributed by atoms with E-state index in [9.17, 15) is 4.79 Å². The number of rotatable bonds is 8. The lowest BCUT2D eigenvalue weighted by molar-refractivity contribution is -0.134. The van der Waals surface area contributed by atoms with Crippen LogP contribution in [0.4, 0.5) is 0 Å². The zero-order chi connectivity index (χ0) is 24.7. The summed E-state index contributed by atoms with van der Waals surface area (Å²) in [5.74, 6) is 0.995. The van der Waals surface area contributed by atoms with E-state index in [1.807, 2.05) is 59.6 Å². The highest BCUT2D eigenvalue weighted by Gasteiger charge is 2.34. The molecule has 188 valence electrons. The average molecular weight is 523 g/mol. The molecule has 0 aliphatic carbocycles. The molecule has 2 fully saturated rings. The molecule has 8 heteroatoms. The van der Waals surface area contributed by atoms with Crippen LogP contribution in [-0.4, -0.2) is 71.8 Å². The first-order chi connectivity index (χ1) is 17.7. The van der Waals surface area contributed by atoms with Crippen molar-refractivity contribution in [3.05, 3.63) is 101 Å². The molecule has 1 N–H and O–H groups in total. The Morgan fingerprint density at radius 2 is 1.78 bits per heavy atom. The summed E-state index contributed by atoms with van der Waals surface area (Å²) < 4.78 is 6.38. The number of hydrogen-bond acceptors (Lipinski definition) is 6. The summed E-state index contributed by atoms with van der Waals surface area (Å²) >= 11 is 7.87. The second-order valence-electron chi connectivity index (χ2n) is 9.10. The van der Waals surface area contributed by atoms with Crippen LogP contribution >= 0.6 is 23.4 Å². The molecule has 0 radical (unpaired) electrons. The number of carbonyl (C=O) groups is 1. The Bertz CT molecular complexity index is 1110. The van der Waals surface area contributed by atoms with Crippen LogP contribution in [0, 0.1) is 0 Å². The minimum Gasteiger partial charge on any atom is -0.367 e. The predicted molar refractivity (Wildman–Crippen MR) is 145 cm³/mol. The Morgan fingerprint density at radius 3 is 2.50 bits per heavy atom. The number of nitrogens with one attached hydrogen (secondary N) is 1. The van der Waals surface area contributed by atoms with Gasteiger partial charge in [0.25, 0.3) is 0 Å². The first kappa shape index (κ1) is 25.2. The fourth-order valence-electron chi connectivity index (χ4n) is 4.70. The summed E-state index contributed by atoms with van der Waals surface area (Å²) in [5.41, 5.74) is 3.34. The van der Waals surface area contributed by atoms with E-state index in [0.29, 0.717) is 6.61 Å². The van der Waals surface area contributed by atoms with E-state index in [4.69, 9.17) is 16.3 Å². The van der Waals surface area contributed by atoms with Crippen LogP contribution in [0.25, 0.3) is 0 Å². The van der Waals surface area contributed by atoms with E-state index in [1.165, 1.54) is 0 Å². The highest BCUT2D eigenvalue weighted by Crippen LogP contribution is 2.33. The van der Waals surface area contributed by atoms with Crippen LogP contribution < -0.4 is 5.32 Å². The molecule has 6 nitrogen and oxygen atoms in total. The zero-order valence-corrected chi connectivity index (χ0v) is 21.7. The lowest BCUT2D eigenvalue weighted by Gasteiger charge is -2.36. The Balaban J connectivity index is 1.09. The molecule has 2 aliphatic heterocycles. The molecular weight excluding hydrogens is 492 g/mol. The Kier molecular flexibility index (Phi) is 8.56. The Labute approximate surface area is 222 Å². The highest BCUT2D eigenvalue weighted by molar-refractivity contribution is 7.99. The number of amides is 1. The van der Waals surface area contributed by atoms with Crippen molar-refractivity contribution in [2.45, 2.75) is 17.5 Å². The molecule has 36 heavy (non-hydrogen) atoms. The van der Waals surface area contributed by atoms with E-state index in [1.54, 1.807) is 18.0 Å². The number of halogens is 1. The quantitative estimate of drug-likeness (QED) is 0.473. The maximum absolute atomic E-state index is 13.1. The molecule has 2 aliphatic rings. The van der Waals surface area contributed by atoms with E-state index in [2.05, 4.69) is 33.4 Å². The third-order valence-corrected chi connectivity index (χ3v) is 8.24. The van der Waals surface area contributed by atoms with Crippen molar-refractivity contribution >= 4 is 29.3 Å². The third kappa shape index (κ3) is 6.28. The molecule has 0 bridgehead atoms. The van der Waals surface area contributed by atoms with Gasteiger partial charge in [0, 0.05) is 55.9 Å². The van der Waals surface area contributed by atoms with Gasteiger partial charge in [-0.3, -0.25) is 20.0 Å². The summed E-state index contributed by atoms with van der Waals surface area (Å²) in [5, 5.41) is 4.34. The smallest absolute Gasteiger partial charge is 0.240 e. The number of benzene rings is 2. The number of piperazine rings is 1. The lowest BCUT2D eigenvalue weighted by Crippen LogP contribution is -2.54. The van der Waals surface area contributed by atoms with Crippen LogP contribution in [0.1, 0.15) is 28.2 Å². The van der Waals surface area contributed by atoms with Gasteiger partial charge >= 0.3 is 0 Å². The van der Waals surface area contributed by atoms with E-state index in [0.717, 1.165) is 60.2 Å². The molecular formula is C28H31ClN4O2S. The van der Waals surface area contributed by atoms with Crippen LogP contribution in [0.2, 0.25) is 5.02 Å². The van der Waals surface area contributed by atoms with Crippen molar-refractivity contribution in [1.29, 1.82) is 0 Å². The number of hydrogen-bond donors (Lipinski definition) is 1. The molecule has 1 amide bonds. The summed E-state index contributed by atoms with van der Waals surface area (Å²) in [4.78, 5) is 21.7. The molecule has 5 rings (SSSR count). The van der Waals surface area contributed by atoms with E-state index >= 15 is 0 Å². The number of pyridine rings is 1. The maximum Gasteiger partial charge on any atom is 0.240 e. The first-order valence-electron chi connectivity index (χ1n) is 12.4. The molecule has 3 atom stereocenters. The van der Waals surface area contributed by atoms with Crippen molar-refractivity contribution in [2.75, 3.05) is 45.1 Å². The molecule has 0 saturated carbocycles. The molecule has 2 aromatic carbocycles. The lowest BCUT2D eigenvalue weighted by atomic mass is 10.0. The minimum absolute atomic E-state index is 0.129. The van der Waals surface area contributed by atoms with Crippen LogP contribution in [-0.2, 0) is 9.53 Å². The van der Waals surface area contributed by atoms with Gasteiger partial charge in [-0.05, 0) is 34.9 Å². The first-order valence-corrected chi connectivity index (χ1v) is 13.8. The zero-order valence-electron chi connectivity index (χ0n) is 20.1. The summed E-state index contributed by atoms with van der Waals surface area (Å²) in [7, 11) is 0. The van der Waals surface area contributed by atoms with Crippen molar-refractivity contribution < 1.29 is 9.53 Å². The minimum atomic E-state index is -0.138. The topological polar surface area (TPSA) is 57.7 Å². The molecule has 3 aromatic rings. The monoisotopic (exact) mass is 522 g/mol. The van der Waals surface area contributed by atoms with Gasteiger partial charge in [-0.15, -0.1) is 11.8 Å². The van der Waals surface area contributed by atoms with Crippen molar-refractivity contribution in [3.8, 4) is 0 Å². The van der Waals surface area contributed by atoms with E-state index in [-0.39, 0.29) is 23.4 Å². The van der Waals surface area contributed by atoms with Gasteiger partial charge in [0.2, 0.25) is 5.91 Å². The third-order valence-electron chi connectivity index (χ3n) is 6.72. The van der Waals surface area contributed by atoms with Crippen molar-refractivity contribution in [2.24, 2.45) is 0 Å². The van der Waals surface area contributed by atoms with Crippen molar-refractivity contribution in [3.63, 3.8) is 0 Å². The standard InChI is InChI=1S/C28H31ClN4O2S/c29-24-10-8-22(9-11-24)26(21-5-2-1-3-6-21)35-18-17-32-13-15-33(16-14-32)28(34)25-20-36-27(31-25)23-7-4-12-30-19-23/h1-12,19,25-27,31H,13-18,20H2. The fraction of sp³-hybridized carbons (Fsp3) is 0.357. The largest absolute Gasteiger partial charge is 0.367 e. The summed E-state index contributed by atoms with van der Waals surface area (Å²) in [6, 6.07) is 22.0. The highest BCUT2D eigenvalue weighted by atomic mass is 35.5. The SMILES string of the molecule is O=C(C1CSC(c2cccnc2)N1)N1CCN(CCOC(c2ccccc2)c2ccc(Cl)cc2)CC1. The molecule has 1 aromatic heterocycles. The van der Waals surface area contributed by atoms with Gasteiger partial charge in [0.05, 0.1) is 18.0 Å². The maximum atomic E-state index is 13.1. The number of ether oxygens (including phenoxy) is 1. The van der Waals surface area contributed by atoms with Gasteiger partial charge in [0.15, 0.2) is 0 Å². The van der Waals surface area contributed by atoms with Gasteiger partial charge in [0.1, 0.15) is 6.10 Å². The Hall–Kier alpha value is -2.42. The van der Waals surface area contributed by atoms with Gasteiger partial charge in [-0.25, -0.2) is 0 Å². The van der Waals surface area contributed by atoms with Crippen LogP contribution in [0.5, 0.6) is 0 Å². The number of carbonyl (C=O) groups excluding carboxylic acids is 1. The summed E-state index contributed by atoms with van der Waals surface area (Å²) in [6.07, 6.45) is 3.51. The Morgan fingerprint density at radius 1 is 1.03 bits per heavy atom. The molecule has 2 saturated heterocycles. The molecule has 3 heterocycles. The van der Waals surface area contributed by atoms with E-state index < -0.39 is 0 Å². The molecule has 3 unspecified atom stereocenters. The summed E-state index contributed by atoms with van der Waals surface area (Å²) in [6.45, 7) is 4.66. The van der Waals surface area contributed by atoms with Gasteiger partial charge < -0.3 is 9.64 Å². The fourth-order valence-corrected chi connectivity index (χ4v) is 6.04. The number of aromatic nitrogens is 1.